The van der Waals surface area contributed by atoms with Gasteiger partial charge >= 0.3 is 0 Å². The third-order valence-corrected chi connectivity index (χ3v) is 5.00. The van der Waals surface area contributed by atoms with E-state index < -0.39 is 0 Å². The van der Waals surface area contributed by atoms with E-state index in [1.807, 2.05) is 49.1 Å². The molecule has 3 heteroatoms. The summed E-state index contributed by atoms with van der Waals surface area (Å²) in [5.41, 5.74) is 6.93. The zero-order valence-corrected chi connectivity index (χ0v) is 15.8. The van der Waals surface area contributed by atoms with Gasteiger partial charge in [-0.25, -0.2) is 0 Å². The van der Waals surface area contributed by atoms with Crippen LogP contribution in [-0.4, -0.2) is 15.0 Å². The lowest BCUT2D eigenvalue weighted by atomic mass is 10.1. The number of hydrogen-bond donors (Lipinski definition) is 1. The Bertz CT molecular complexity index is 1230. The lowest BCUT2D eigenvalue weighted by Crippen LogP contribution is -1.76. The molecule has 0 saturated heterocycles. The summed E-state index contributed by atoms with van der Waals surface area (Å²) in [6.45, 7) is 0. The van der Waals surface area contributed by atoms with Crippen LogP contribution >= 0.6 is 0 Å². The second-order valence-corrected chi connectivity index (χ2v) is 6.96. The first-order chi connectivity index (χ1) is 14.3. The minimum Gasteiger partial charge on any atom is -0.355 e. The van der Waals surface area contributed by atoms with Crippen molar-refractivity contribution >= 4 is 46.1 Å². The Labute approximate surface area is 169 Å². The summed E-state index contributed by atoms with van der Waals surface area (Å²) in [5.74, 6) is 0. The summed E-state index contributed by atoms with van der Waals surface area (Å²) in [5, 5.41) is 2.46. The number of nitrogens with zero attached hydrogens (tertiary/aromatic N) is 2. The fourth-order valence-electron chi connectivity index (χ4n) is 3.47. The van der Waals surface area contributed by atoms with E-state index in [4.69, 9.17) is 0 Å². The number of fused-ring (bicyclic) bond motifs is 3. The van der Waals surface area contributed by atoms with Crippen molar-refractivity contribution in [2.45, 2.75) is 0 Å². The van der Waals surface area contributed by atoms with E-state index in [2.05, 4.69) is 75.7 Å². The van der Waals surface area contributed by atoms with Crippen molar-refractivity contribution in [3.05, 3.63) is 108 Å². The lowest BCUT2D eigenvalue weighted by molar-refractivity contribution is 1.32. The molecule has 0 saturated carbocycles. The zero-order chi connectivity index (χ0) is 19.5. The summed E-state index contributed by atoms with van der Waals surface area (Å²) >= 11 is 0. The highest BCUT2D eigenvalue weighted by atomic mass is 14.7. The van der Waals surface area contributed by atoms with Gasteiger partial charge in [0, 0.05) is 46.6 Å². The molecule has 138 valence electrons. The average molecular weight is 373 g/mol. The van der Waals surface area contributed by atoms with Crippen molar-refractivity contribution in [2.75, 3.05) is 0 Å². The van der Waals surface area contributed by atoms with Crippen molar-refractivity contribution in [3.63, 3.8) is 0 Å². The first-order valence-electron chi connectivity index (χ1n) is 9.57. The quantitative estimate of drug-likeness (QED) is 0.393. The Balaban J connectivity index is 1.51. The Morgan fingerprint density at radius 2 is 0.897 bits per heavy atom. The van der Waals surface area contributed by atoms with Gasteiger partial charge in [-0.15, -0.1) is 0 Å². The van der Waals surface area contributed by atoms with Gasteiger partial charge in [0.25, 0.3) is 0 Å². The minimum atomic E-state index is 1.14. The predicted octanol–water partition coefficient (Wildman–Crippen LogP) is 6.45. The van der Waals surface area contributed by atoms with Gasteiger partial charge in [0.15, 0.2) is 0 Å². The maximum Gasteiger partial charge on any atom is 0.0465 e. The molecule has 0 aliphatic carbocycles. The van der Waals surface area contributed by atoms with E-state index in [-0.39, 0.29) is 0 Å². The van der Waals surface area contributed by atoms with Gasteiger partial charge in [0.05, 0.1) is 0 Å². The van der Waals surface area contributed by atoms with E-state index in [0.717, 1.165) is 22.2 Å². The number of H-pyrrole nitrogens is 1. The Morgan fingerprint density at radius 3 is 1.34 bits per heavy atom. The molecular formula is C26H19N3. The third kappa shape index (κ3) is 3.71. The van der Waals surface area contributed by atoms with Crippen molar-refractivity contribution in [3.8, 4) is 0 Å². The summed E-state index contributed by atoms with van der Waals surface area (Å²) in [6.07, 6.45) is 15.7. The van der Waals surface area contributed by atoms with Gasteiger partial charge in [-0.05, 0) is 70.8 Å². The number of nitrogens with one attached hydrogen (secondary N) is 1. The molecule has 0 radical (unpaired) electrons. The highest BCUT2D eigenvalue weighted by Gasteiger charge is 2.05. The van der Waals surface area contributed by atoms with Crippen LogP contribution in [0, 0.1) is 0 Å². The fourth-order valence-corrected chi connectivity index (χ4v) is 3.47. The van der Waals surface area contributed by atoms with Crippen molar-refractivity contribution in [1.82, 2.24) is 15.0 Å². The Morgan fingerprint density at radius 1 is 0.483 bits per heavy atom. The van der Waals surface area contributed by atoms with E-state index in [0.29, 0.717) is 0 Å². The molecule has 0 bridgehead atoms. The Hall–Kier alpha value is -3.98. The van der Waals surface area contributed by atoms with Crippen LogP contribution in [0.2, 0.25) is 0 Å². The maximum absolute atomic E-state index is 4.06. The molecule has 3 aromatic heterocycles. The van der Waals surface area contributed by atoms with Crippen LogP contribution < -0.4 is 0 Å². The second kappa shape index (κ2) is 7.56. The number of aromatic amines is 1. The predicted molar refractivity (Wildman–Crippen MR) is 122 cm³/mol. The molecule has 29 heavy (non-hydrogen) atoms. The standard InChI is InChI=1S/C26H19N3/c1(19-9-13-27-14-10-19)3-21-5-7-25-23(17-21)24-18-22(6-8-26(24)29-25)4-2-20-11-15-28-16-12-20/h1-18,29H. The zero-order valence-electron chi connectivity index (χ0n) is 15.8. The topological polar surface area (TPSA) is 41.6 Å². The van der Waals surface area contributed by atoms with E-state index in [1.54, 1.807) is 0 Å². The molecule has 1 N–H and O–H groups in total. The molecular weight excluding hydrogens is 354 g/mol. The molecule has 0 spiro atoms. The normalized spacial score (nSPS) is 11.9. The maximum atomic E-state index is 4.06. The number of aromatic nitrogens is 3. The van der Waals surface area contributed by atoms with Crippen molar-refractivity contribution in [2.24, 2.45) is 0 Å². The molecule has 0 amide bonds. The lowest BCUT2D eigenvalue weighted by Gasteiger charge is -1.98. The van der Waals surface area contributed by atoms with Crippen LogP contribution in [0.5, 0.6) is 0 Å². The summed E-state index contributed by atoms with van der Waals surface area (Å²) < 4.78 is 0. The average Bonchev–Trinajstić information content (AvgIpc) is 3.15. The van der Waals surface area contributed by atoms with Crippen LogP contribution in [0.15, 0.2) is 85.5 Å². The van der Waals surface area contributed by atoms with Crippen LogP contribution in [0.25, 0.3) is 46.1 Å². The Kier molecular flexibility index (Phi) is 4.47. The molecule has 5 rings (SSSR count). The molecule has 0 atom stereocenters. The molecule has 0 aliphatic rings. The van der Waals surface area contributed by atoms with E-state index in [1.165, 1.54) is 21.9 Å². The van der Waals surface area contributed by atoms with Gasteiger partial charge in [0.2, 0.25) is 0 Å². The summed E-state index contributed by atoms with van der Waals surface area (Å²) in [4.78, 5) is 11.6. The van der Waals surface area contributed by atoms with Crippen molar-refractivity contribution < 1.29 is 0 Å². The third-order valence-electron chi connectivity index (χ3n) is 5.00. The SMILES string of the molecule is C(=Cc1ccc2[nH]c3ccc(C=Cc4ccncc4)cc3c2c1)c1ccncc1. The largest absolute Gasteiger partial charge is 0.355 e. The number of rotatable bonds is 4. The first-order valence-corrected chi connectivity index (χ1v) is 9.57. The van der Waals surface area contributed by atoms with Crippen LogP contribution in [0.1, 0.15) is 22.3 Å². The molecule has 5 aromatic rings. The van der Waals surface area contributed by atoms with E-state index in [9.17, 15) is 0 Å². The van der Waals surface area contributed by atoms with Crippen LogP contribution in [-0.2, 0) is 0 Å². The fraction of sp³-hybridized carbons (Fsp3) is 0. The second-order valence-electron chi connectivity index (χ2n) is 6.96. The number of pyridine rings is 2. The van der Waals surface area contributed by atoms with Gasteiger partial charge in [-0.2, -0.15) is 0 Å². The van der Waals surface area contributed by atoms with Gasteiger partial charge < -0.3 is 4.98 Å². The molecule has 2 aromatic carbocycles. The number of benzene rings is 2. The summed E-state index contributed by atoms with van der Waals surface area (Å²) in [7, 11) is 0. The highest BCUT2D eigenvalue weighted by molar-refractivity contribution is 6.08. The van der Waals surface area contributed by atoms with Crippen LogP contribution in [0.4, 0.5) is 0 Å². The number of hydrogen-bond acceptors (Lipinski definition) is 2. The molecule has 0 fully saturated rings. The smallest absolute Gasteiger partial charge is 0.0465 e. The van der Waals surface area contributed by atoms with Crippen LogP contribution in [0.3, 0.4) is 0 Å². The summed E-state index contributed by atoms with van der Waals surface area (Å²) in [6, 6.07) is 21.1. The molecule has 3 heterocycles. The van der Waals surface area contributed by atoms with Crippen molar-refractivity contribution in [1.29, 1.82) is 0 Å². The van der Waals surface area contributed by atoms with Gasteiger partial charge in [0.1, 0.15) is 0 Å². The highest BCUT2D eigenvalue weighted by Crippen LogP contribution is 2.28. The minimum absolute atomic E-state index is 1.14. The van der Waals surface area contributed by atoms with Gasteiger partial charge in [-0.1, -0.05) is 36.4 Å². The molecule has 3 nitrogen and oxygen atoms in total. The van der Waals surface area contributed by atoms with Gasteiger partial charge in [-0.3, -0.25) is 9.97 Å². The first kappa shape index (κ1) is 17.1. The molecule has 0 aliphatic heterocycles. The monoisotopic (exact) mass is 373 g/mol. The van der Waals surface area contributed by atoms with E-state index >= 15 is 0 Å². The molecule has 0 unspecified atom stereocenters.